The summed E-state index contributed by atoms with van der Waals surface area (Å²) in [5, 5.41) is 0. The molecule has 1 aromatic rings. The molecule has 0 fully saturated rings. The van der Waals surface area contributed by atoms with E-state index in [0.29, 0.717) is 6.42 Å². The van der Waals surface area contributed by atoms with Gasteiger partial charge in [0.2, 0.25) is 0 Å². The molecule has 18 heavy (non-hydrogen) atoms. The molecule has 0 unspecified atom stereocenters. The van der Waals surface area contributed by atoms with Gasteiger partial charge in [0.1, 0.15) is 12.1 Å². The zero-order valence-electron chi connectivity index (χ0n) is 11.8. The highest BCUT2D eigenvalue weighted by atomic mass is 19.1. The van der Waals surface area contributed by atoms with Crippen molar-refractivity contribution >= 4 is 6.29 Å². The highest BCUT2D eigenvalue weighted by Crippen LogP contribution is 2.05. The van der Waals surface area contributed by atoms with E-state index >= 15 is 0 Å². The van der Waals surface area contributed by atoms with Crippen molar-refractivity contribution in [2.24, 2.45) is 5.73 Å². The van der Waals surface area contributed by atoms with Crippen molar-refractivity contribution in [2.75, 3.05) is 6.54 Å². The Bertz CT molecular complexity index is 270. The summed E-state index contributed by atoms with van der Waals surface area (Å²) in [4.78, 5) is 9.99. The van der Waals surface area contributed by atoms with Gasteiger partial charge in [-0.2, -0.15) is 0 Å². The average molecular weight is 255 g/mol. The van der Waals surface area contributed by atoms with E-state index < -0.39 is 0 Å². The third-order valence-electron chi connectivity index (χ3n) is 1.99. The molecular weight excluding hydrogens is 229 g/mol. The van der Waals surface area contributed by atoms with Crippen LogP contribution in [0.15, 0.2) is 24.3 Å². The lowest BCUT2D eigenvalue weighted by Gasteiger charge is -1.97. The molecule has 104 valence electrons. The Kier molecular flexibility index (Phi) is 16.8. The Morgan fingerprint density at radius 3 is 2.11 bits per heavy atom. The minimum absolute atomic E-state index is 0.214. The maximum Gasteiger partial charge on any atom is 0.123 e. The van der Waals surface area contributed by atoms with Gasteiger partial charge >= 0.3 is 0 Å². The van der Waals surface area contributed by atoms with Crippen LogP contribution in [0.5, 0.6) is 0 Å². The molecule has 0 spiro atoms. The van der Waals surface area contributed by atoms with Gasteiger partial charge in [-0.3, -0.25) is 0 Å². The lowest BCUT2D eigenvalue weighted by atomic mass is 10.1. The Labute approximate surface area is 110 Å². The summed E-state index contributed by atoms with van der Waals surface area (Å²) >= 11 is 0. The molecule has 0 aliphatic heterocycles. The van der Waals surface area contributed by atoms with Crippen molar-refractivity contribution in [3.63, 3.8) is 0 Å². The van der Waals surface area contributed by atoms with E-state index in [9.17, 15) is 9.18 Å². The van der Waals surface area contributed by atoms with Crippen LogP contribution >= 0.6 is 0 Å². The molecule has 0 saturated carbocycles. The summed E-state index contributed by atoms with van der Waals surface area (Å²) < 4.78 is 12.4. The minimum Gasteiger partial charge on any atom is -0.330 e. The lowest BCUT2D eigenvalue weighted by Crippen LogP contribution is -1.93. The number of nitrogens with two attached hydrogens (primary N) is 1. The number of carbonyl (C=O) groups is 1. The van der Waals surface area contributed by atoms with Crippen LogP contribution in [0.25, 0.3) is 0 Å². The Morgan fingerprint density at radius 1 is 1.22 bits per heavy atom. The van der Waals surface area contributed by atoms with Crippen molar-refractivity contribution < 1.29 is 9.18 Å². The topological polar surface area (TPSA) is 43.1 Å². The van der Waals surface area contributed by atoms with Crippen LogP contribution < -0.4 is 5.73 Å². The number of halogens is 1. The molecule has 0 saturated heterocycles. The summed E-state index contributed by atoms with van der Waals surface area (Å²) in [6.07, 6.45) is 4.27. The minimum atomic E-state index is -0.214. The van der Waals surface area contributed by atoms with Crippen molar-refractivity contribution in [1.29, 1.82) is 0 Å². The molecular formula is C15H26FNO. The molecule has 0 heterocycles. The van der Waals surface area contributed by atoms with Crippen LogP contribution in [-0.4, -0.2) is 12.8 Å². The number of aldehydes is 1. The van der Waals surface area contributed by atoms with Crippen LogP contribution in [-0.2, 0) is 11.2 Å². The molecule has 0 aromatic heterocycles. The summed E-state index contributed by atoms with van der Waals surface area (Å²) in [5.41, 5.74) is 6.11. The van der Waals surface area contributed by atoms with Gasteiger partial charge in [-0.05, 0) is 43.5 Å². The zero-order valence-corrected chi connectivity index (χ0v) is 11.8. The van der Waals surface area contributed by atoms with Gasteiger partial charge in [0.15, 0.2) is 0 Å². The summed E-state index contributed by atoms with van der Waals surface area (Å²) in [7, 11) is 0. The molecule has 3 heteroatoms. The molecule has 2 N–H and O–H groups in total. The first-order chi connectivity index (χ1) is 8.74. The molecule has 1 rings (SSSR count). The van der Waals surface area contributed by atoms with Gasteiger partial charge in [-0.1, -0.05) is 32.9 Å². The van der Waals surface area contributed by atoms with Crippen LogP contribution in [0.3, 0.4) is 0 Å². The molecule has 0 aliphatic carbocycles. The maximum atomic E-state index is 12.4. The van der Waals surface area contributed by atoms with Crippen LogP contribution in [0.2, 0.25) is 0 Å². The second-order valence-electron chi connectivity index (χ2n) is 3.47. The standard InChI is InChI=1S/C10H11FO.C3H9N.C2H6/c11-10-6-4-9(5-7-10)3-1-2-8-12;1-2-3-4;1-2/h4-8H,1-3H2;2-4H2,1H3;1-2H3. The second-order valence-corrected chi connectivity index (χ2v) is 3.47. The van der Waals surface area contributed by atoms with Gasteiger partial charge in [-0.25, -0.2) is 4.39 Å². The van der Waals surface area contributed by atoms with E-state index in [0.717, 1.165) is 37.7 Å². The van der Waals surface area contributed by atoms with E-state index in [-0.39, 0.29) is 5.82 Å². The van der Waals surface area contributed by atoms with E-state index in [1.54, 1.807) is 12.1 Å². The fraction of sp³-hybridized carbons (Fsp3) is 0.533. The molecule has 0 aliphatic rings. The molecule has 0 bridgehead atoms. The number of benzene rings is 1. The van der Waals surface area contributed by atoms with E-state index in [4.69, 9.17) is 5.73 Å². The first kappa shape index (κ1) is 19.1. The fourth-order valence-corrected chi connectivity index (χ4v) is 1.04. The number of hydrogen-bond acceptors (Lipinski definition) is 2. The fourth-order valence-electron chi connectivity index (χ4n) is 1.04. The monoisotopic (exact) mass is 255 g/mol. The quantitative estimate of drug-likeness (QED) is 0.643. The molecule has 0 radical (unpaired) electrons. The predicted octanol–water partition coefficient (Wildman–Crippen LogP) is 3.73. The number of carbonyl (C=O) groups excluding carboxylic acids is 1. The largest absolute Gasteiger partial charge is 0.330 e. The molecule has 0 amide bonds. The van der Waals surface area contributed by atoms with Gasteiger partial charge in [0.05, 0.1) is 0 Å². The number of unbranched alkanes of at least 4 members (excludes halogenated alkanes) is 1. The van der Waals surface area contributed by atoms with Crippen molar-refractivity contribution in [2.45, 2.75) is 46.5 Å². The highest BCUT2D eigenvalue weighted by molar-refractivity contribution is 5.49. The van der Waals surface area contributed by atoms with Gasteiger partial charge < -0.3 is 10.5 Å². The predicted molar refractivity (Wildman–Crippen MR) is 76.1 cm³/mol. The SMILES string of the molecule is CC.CCCN.O=CCCCc1ccc(F)cc1. The first-order valence-corrected chi connectivity index (χ1v) is 6.62. The summed E-state index contributed by atoms with van der Waals surface area (Å²) in [5.74, 6) is -0.214. The maximum absolute atomic E-state index is 12.4. The van der Waals surface area contributed by atoms with Crippen molar-refractivity contribution in [3.8, 4) is 0 Å². The zero-order chi connectivity index (χ0) is 14.2. The Balaban J connectivity index is 0. The van der Waals surface area contributed by atoms with Crippen LogP contribution in [0, 0.1) is 5.82 Å². The smallest absolute Gasteiger partial charge is 0.123 e. The first-order valence-electron chi connectivity index (χ1n) is 6.62. The number of hydrogen-bond donors (Lipinski definition) is 1. The average Bonchev–Trinajstić information content (AvgIpc) is 2.44. The van der Waals surface area contributed by atoms with Crippen molar-refractivity contribution in [3.05, 3.63) is 35.6 Å². The molecule has 1 aromatic carbocycles. The van der Waals surface area contributed by atoms with Crippen molar-refractivity contribution in [1.82, 2.24) is 0 Å². The lowest BCUT2D eigenvalue weighted by molar-refractivity contribution is -0.107. The van der Waals surface area contributed by atoms with Gasteiger partial charge in [-0.15, -0.1) is 0 Å². The van der Waals surface area contributed by atoms with E-state index in [1.165, 1.54) is 12.1 Å². The van der Waals surface area contributed by atoms with E-state index in [2.05, 4.69) is 6.92 Å². The van der Waals surface area contributed by atoms with Crippen LogP contribution in [0.1, 0.15) is 45.6 Å². The number of aryl methyl sites for hydroxylation is 1. The summed E-state index contributed by atoms with van der Waals surface area (Å²) in [6, 6.07) is 6.38. The van der Waals surface area contributed by atoms with E-state index in [1.807, 2.05) is 13.8 Å². The second kappa shape index (κ2) is 15.8. The third-order valence-corrected chi connectivity index (χ3v) is 1.99. The Hall–Kier alpha value is -1.22. The Morgan fingerprint density at radius 2 is 1.72 bits per heavy atom. The third kappa shape index (κ3) is 12.8. The van der Waals surface area contributed by atoms with Gasteiger partial charge in [0.25, 0.3) is 0 Å². The molecule has 2 nitrogen and oxygen atoms in total. The normalized spacial score (nSPS) is 8.50. The highest BCUT2D eigenvalue weighted by Gasteiger charge is 1.93. The van der Waals surface area contributed by atoms with Gasteiger partial charge in [0, 0.05) is 6.42 Å². The number of rotatable bonds is 5. The summed E-state index contributed by atoms with van der Waals surface area (Å²) in [6.45, 7) is 6.88. The van der Waals surface area contributed by atoms with Crippen LogP contribution in [0.4, 0.5) is 4.39 Å². The molecule has 0 atom stereocenters.